The van der Waals surface area contributed by atoms with Crippen LogP contribution in [0.15, 0.2) is 16.6 Å². The molecule has 2 rings (SSSR count). The number of Topliss-reactive ketones (excluding diaryl/α,β-unsaturated/α-hetero) is 1. The average Bonchev–Trinajstić information content (AvgIpc) is 2.61. The summed E-state index contributed by atoms with van der Waals surface area (Å²) in [4.78, 5) is 26.2. The lowest BCUT2D eigenvalue weighted by Gasteiger charge is -2.19. The van der Waals surface area contributed by atoms with Crippen molar-refractivity contribution in [1.29, 1.82) is 0 Å². The van der Waals surface area contributed by atoms with Gasteiger partial charge < -0.3 is 9.84 Å². The monoisotopic (exact) mass is 209 g/mol. The third-order valence-electron chi connectivity index (χ3n) is 2.56. The van der Waals surface area contributed by atoms with Crippen LogP contribution in [0, 0.1) is 5.92 Å². The molecule has 0 radical (unpaired) electrons. The second kappa shape index (κ2) is 3.58. The molecule has 0 aromatic carbocycles. The van der Waals surface area contributed by atoms with Gasteiger partial charge in [-0.2, -0.15) is 0 Å². The molecule has 0 amide bonds. The van der Waals surface area contributed by atoms with Gasteiger partial charge >= 0.3 is 5.97 Å². The number of hydrogen-bond donors (Lipinski definition) is 1. The third-order valence-corrected chi connectivity index (χ3v) is 2.56. The van der Waals surface area contributed by atoms with Crippen molar-refractivity contribution in [2.24, 2.45) is 10.9 Å². The Hall–Kier alpha value is -1.49. The first-order valence-electron chi connectivity index (χ1n) is 4.75. The highest BCUT2D eigenvalue weighted by molar-refractivity contribution is 6.50. The van der Waals surface area contributed by atoms with Gasteiger partial charge in [-0.3, -0.25) is 4.79 Å². The summed E-state index contributed by atoms with van der Waals surface area (Å²) >= 11 is 0. The molecule has 0 bridgehead atoms. The van der Waals surface area contributed by atoms with Crippen LogP contribution < -0.4 is 0 Å². The smallest absolute Gasteiger partial charge is 0.337 e. The second-order valence-electron chi connectivity index (χ2n) is 3.63. The van der Waals surface area contributed by atoms with Crippen molar-refractivity contribution >= 4 is 17.5 Å². The van der Waals surface area contributed by atoms with Crippen molar-refractivity contribution in [3.8, 4) is 0 Å². The van der Waals surface area contributed by atoms with E-state index in [4.69, 9.17) is 9.84 Å². The Labute approximate surface area is 86.4 Å². The first kappa shape index (κ1) is 10.0. The zero-order chi connectivity index (χ0) is 11.0. The van der Waals surface area contributed by atoms with Gasteiger partial charge in [-0.25, -0.2) is 9.79 Å². The van der Waals surface area contributed by atoms with Crippen molar-refractivity contribution in [3.63, 3.8) is 0 Å². The topological polar surface area (TPSA) is 76.0 Å². The second-order valence-corrected chi connectivity index (χ2v) is 3.63. The largest absolute Gasteiger partial charge is 0.478 e. The van der Waals surface area contributed by atoms with E-state index in [2.05, 4.69) is 4.99 Å². The molecule has 0 aromatic rings. The molecule has 80 valence electrons. The van der Waals surface area contributed by atoms with Crippen LogP contribution in [0.5, 0.6) is 0 Å². The van der Waals surface area contributed by atoms with Crippen LogP contribution in [0.3, 0.4) is 0 Å². The summed E-state index contributed by atoms with van der Waals surface area (Å²) in [5.41, 5.74) is 0.0277. The molecule has 15 heavy (non-hydrogen) atoms. The van der Waals surface area contributed by atoms with Crippen LogP contribution in [0.4, 0.5) is 0 Å². The normalized spacial score (nSPS) is 29.1. The summed E-state index contributed by atoms with van der Waals surface area (Å²) in [6, 6.07) is 0. The lowest BCUT2D eigenvalue weighted by atomic mass is 9.95. The first-order chi connectivity index (χ1) is 7.09. The highest BCUT2D eigenvalue weighted by Gasteiger charge is 2.34. The van der Waals surface area contributed by atoms with Gasteiger partial charge in [0.15, 0.2) is 12.0 Å². The Morgan fingerprint density at radius 2 is 2.33 bits per heavy atom. The summed E-state index contributed by atoms with van der Waals surface area (Å²) in [6.45, 7) is 1.87. The van der Waals surface area contributed by atoms with Gasteiger partial charge in [-0.05, 0) is 6.42 Å². The Bertz CT molecular complexity index is 347. The number of carboxylic acid groups (broad SMARTS) is 1. The number of dihydropyridines is 1. The molecule has 0 aliphatic carbocycles. The van der Waals surface area contributed by atoms with E-state index in [1.165, 1.54) is 6.92 Å². The minimum atomic E-state index is -1.10. The molecule has 2 atom stereocenters. The zero-order valence-corrected chi connectivity index (χ0v) is 8.27. The maximum Gasteiger partial charge on any atom is 0.337 e. The molecular formula is C10H11NO4. The third kappa shape index (κ3) is 1.70. The van der Waals surface area contributed by atoms with Gasteiger partial charge in [-0.1, -0.05) is 6.08 Å². The maximum atomic E-state index is 11.2. The summed E-state index contributed by atoms with van der Waals surface area (Å²) in [6.07, 6.45) is 1.98. The fourth-order valence-corrected chi connectivity index (χ4v) is 1.83. The van der Waals surface area contributed by atoms with Crippen molar-refractivity contribution < 1.29 is 19.4 Å². The van der Waals surface area contributed by atoms with Crippen molar-refractivity contribution in [3.05, 3.63) is 11.6 Å². The van der Waals surface area contributed by atoms with E-state index in [-0.39, 0.29) is 29.2 Å². The molecule has 5 heteroatoms. The number of carboxylic acids is 1. The summed E-state index contributed by atoms with van der Waals surface area (Å²) in [5, 5.41) is 8.94. The Balaban J connectivity index is 2.38. The van der Waals surface area contributed by atoms with Crippen molar-refractivity contribution in [2.75, 3.05) is 6.61 Å². The highest BCUT2D eigenvalue weighted by atomic mass is 16.5. The number of carbonyl (C=O) groups is 2. The summed E-state index contributed by atoms with van der Waals surface area (Å²) < 4.78 is 5.29. The number of rotatable bonds is 2. The zero-order valence-electron chi connectivity index (χ0n) is 8.27. The molecule has 5 nitrogen and oxygen atoms in total. The van der Waals surface area contributed by atoms with Crippen LogP contribution in [-0.2, 0) is 14.3 Å². The van der Waals surface area contributed by atoms with Gasteiger partial charge in [0, 0.05) is 12.8 Å². The minimum Gasteiger partial charge on any atom is -0.478 e. The molecule has 0 aromatic heterocycles. The molecule has 1 saturated heterocycles. The first-order valence-corrected chi connectivity index (χ1v) is 4.75. The Kier molecular flexibility index (Phi) is 2.40. The molecule has 1 N–H and O–H groups in total. The van der Waals surface area contributed by atoms with Crippen LogP contribution >= 0.6 is 0 Å². The van der Waals surface area contributed by atoms with E-state index in [1.54, 1.807) is 6.08 Å². The maximum absolute atomic E-state index is 11.2. The number of ketones is 1. The fourth-order valence-electron chi connectivity index (χ4n) is 1.83. The number of carbonyl (C=O) groups excluding carboxylic acids is 1. The van der Waals surface area contributed by atoms with Crippen LogP contribution in [0.2, 0.25) is 0 Å². The Morgan fingerprint density at radius 3 is 2.93 bits per heavy atom. The predicted molar refractivity (Wildman–Crippen MR) is 51.7 cm³/mol. The van der Waals surface area contributed by atoms with Gasteiger partial charge in [0.25, 0.3) is 0 Å². The number of ether oxygens (including phenoxy) is 1. The molecule has 2 heterocycles. The van der Waals surface area contributed by atoms with Gasteiger partial charge in [0.05, 0.1) is 12.2 Å². The SMILES string of the molecule is CC(=O)C1=NC2OCCC2C=C1C(=O)O. The van der Waals surface area contributed by atoms with Gasteiger partial charge in [-0.15, -0.1) is 0 Å². The highest BCUT2D eigenvalue weighted by Crippen LogP contribution is 2.29. The number of aliphatic imine (C=N–C) groups is 1. The molecule has 1 fully saturated rings. The lowest BCUT2D eigenvalue weighted by molar-refractivity contribution is -0.132. The van der Waals surface area contributed by atoms with E-state index in [1.807, 2.05) is 0 Å². The van der Waals surface area contributed by atoms with Gasteiger partial charge in [0.1, 0.15) is 5.71 Å². The summed E-state index contributed by atoms with van der Waals surface area (Å²) in [7, 11) is 0. The number of aliphatic carboxylic acids is 1. The Morgan fingerprint density at radius 1 is 1.60 bits per heavy atom. The van der Waals surface area contributed by atoms with Crippen molar-refractivity contribution in [2.45, 2.75) is 19.6 Å². The summed E-state index contributed by atoms with van der Waals surface area (Å²) in [5.74, 6) is -1.44. The average molecular weight is 209 g/mol. The van der Waals surface area contributed by atoms with E-state index in [9.17, 15) is 9.59 Å². The molecule has 2 aliphatic heterocycles. The molecule has 2 aliphatic rings. The molecular weight excluding hydrogens is 198 g/mol. The molecule has 0 saturated carbocycles. The number of fused-ring (bicyclic) bond motifs is 1. The van der Waals surface area contributed by atoms with Crippen LogP contribution in [0.1, 0.15) is 13.3 Å². The van der Waals surface area contributed by atoms with E-state index in [0.717, 1.165) is 6.42 Å². The molecule has 2 unspecified atom stereocenters. The number of nitrogens with zero attached hydrogens (tertiary/aromatic N) is 1. The van der Waals surface area contributed by atoms with Crippen LogP contribution in [0.25, 0.3) is 0 Å². The van der Waals surface area contributed by atoms with Gasteiger partial charge in [0.2, 0.25) is 0 Å². The fraction of sp³-hybridized carbons (Fsp3) is 0.500. The van der Waals surface area contributed by atoms with Crippen molar-refractivity contribution in [1.82, 2.24) is 0 Å². The van der Waals surface area contributed by atoms with E-state index < -0.39 is 5.97 Å². The lowest BCUT2D eigenvalue weighted by Crippen LogP contribution is -2.29. The van der Waals surface area contributed by atoms with E-state index >= 15 is 0 Å². The van der Waals surface area contributed by atoms with E-state index in [0.29, 0.717) is 6.61 Å². The van der Waals surface area contributed by atoms with Crippen LogP contribution in [-0.4, -0.2) is 35.4 Å². The minimum absolute atomic E-state index is 0.000741. The number of hydrogen-bond acceptors (Lipinski definition) is 4. The predicted octanol–water partition coefficient (Wildman–Crippen LogP) is 0.404. The standard InChI is InChI=1S/C10H11NO4/c1-5(12)8-7(10(13)14)4-6-2-3-15-9(6)11-8/h4,6,9H,2-3H2,1H3,(H,13,14). The quantitative estimate of drug-likeness (QED) is 0.714. The molecule has 0 spiro atoms.